The average Bonchev–Trinajstić information content (AvgIpc) is 1.59. The molecule has 135 heavy (non-hydrogen) atoms. The number of nitrogens with zero attached hydrogens (tertiary/aromatic N) is 18. The summed E-state index contributed by atoms with van der Waals surface area (Å²) in [4.78, 5) is 51.5. The van der Waals surface area contributed by atoms with Crippen LogP contribution in [-0.2, 0) is 84.3 Å². The van der Waals surface area contributed by atoms with Gasteiger partial charge in [0.15, 0.2) is 0 Å². The van der Waals surface area contributed by atoms with Crippen molar-refractivity contribution < 1.29 is 108 Å². The van der Waals surface area contributed by atoms with Crippen molar-refractivity contribution in [2.75, 3.05) is 67.4 Å². The molecule has 0 fully saturated rings. The van der Waals surface area contributed by atoms with Crippen LogP contribution in [0.4, 0.5) is 68.5 Å². The molecule has 0 saturated heterocycles. The normalized spacial score (nSPS) is 12.4. The molecule has 20 aromatic rings. The van der Waals surface area contributed by atoms with Crippen LogP contribution in [0.25, 0.3) is 66.5 Å². The third kappa shape index (κ3) is 19.6. The fraction of sp³-hybridized carbons (Fsp3) is 0.0370. The summed E-state index contributed by atoms with van der Waals surface area (Å²) in [5.74, 6) is 8.39. The van der Waals surface area contributed by atoms with Crippen molar-refractivity contribution in [2.24, 2.45) is 0 Å². The third-order valence-corrected chi connectivity index (χ3v) is 21.8. The summed E-state index contributed by atoms with van der Waals surface area (Å²) in [6.07, 6.45) is 17.9. The Morgan fingerprint density at radius 1 is 0.252 bits per heavy atom. The molecule has 10 aromatic heterocycles. The molecule has 0 aliphatic carbocycles. The van der Waals surface area contributed by atoms with E-state index in [1.54, 1.807) is 55.5 Å². The fourth-order valence-corrected chi connectivity index (χ4v) is 15.9. The monoisotopic (exact) mass is 2480 g/mol. The molecule has 678 valence electrons. The largest absolute Gasteiger partial charge is 0.509 e. The van der Waals surface area contributed by atoms with Gasteiger partial charge in [-0.05, 0) is 124 Å². The first-order chi connectivity index (χ1) is 64.6. The van der Waals surface area contributed by atoms with Crippen LogP contribution in [0.5, 0.6) is 57.6 Å². The quantitative estimate of drug-likeness (QED) is 0.0783. The van der Waals surface area contributed by atoms with Crippen molar-refractivity contribution in [2.45, 2.75) is 0 Å². The van der Waals surface area contributed by atoms with Crippen molar-refractivity contribution in [3.05, 3.63) is 428 Å². The van der Waals surface area contributed by atoms with Gasteiger partial charge < -0.3 is 77.0 Å². The fourth-order valence-electron chi connectivity index (χ4n) is 15.9. The average molecular weight is 2480 g/mol. The number of rotatable bonds is 17. The number of fused-ring (bicyclic) bond motifs is 10. The maximum atomic E-state index is 6.28. The first kappa shape index (κ1) is 92.0. The summed E-state index contributed by atoms with van der Waals surface area (Å²) in [5.41, 5.74) is 16.2. The van der Waals surface area contributed by atoms with E-state index in [0.717, 1.165) is 135 Å². The van der Waals surface area contributed by atoms with E-state index in [-0.39, 0.29) is 84.3 Å². The SMILES string of the molecule is CN1[CH-]N(c2[c-]c(Oc3[c-]c(-c4ccccn4)ccc3)ccc2)c2ncccc21.CN1[CH-]N(c2[c-]c(Oc3[c-]c(-n4c5ccccc5c5cccnc54)ccc3)ccc2)c2cnccc21.CN1[CH-]N(c2[c-]c(Oc3[c-]c(Oc4ccccn4)ccc3)ccc2)c2cccnc21.CN1[CH-]N(c2[c-]c(Oc3[c-]c4c(cc3)c3ccccc3n4-c3ccccn3)ccc2)c2ccncc21.[Pt].[Pt].[Pt].[Pt]. The second-order valence-corrected chi connectivity index (χ2v) is 30.4. The summed E-state index contributed by atoms with van der Waals surface area (Å²) < 4.78 is 34.5. The Morgan fingerprint density at radius 3 is 1.31 bits per heavy atom. The van der Waals surface area contributed by atoms with Crippen LogP contribution in [-0.4, -0.2) is 77.2 Å². The van der Waals surface area contributed by atoms with E-state index in [4.69, 9.17) is 23.7 Å². The molecular formula is C108H74N18O5Pt4-12. The van der Waals surface area contributed by atoms with Crippen LogP contribution in [0.2, 0.25) is 0 Å². The maximum Gasteiger partial charge on any atom is 0.216 e. The van der Waals surface area contributed by atoms with Gasteiger partial charge in [0.1, 0.15) is 23.1 Å². The minimum atomic E-state index is 0. The molecule has 0 amide bonds. The summed E-state index contributed by atoms with van der Waals surface area (Å²) in [5, 5.41) is 4.51. The first-order valence-corrected chi connectivity index (χ1v) is 41.9. The van der Waals surface area contributed by atoms with Gasteiger partial charge in [-0.3, -0.25) is 9.97 Å². The van der Waals surface area contributed by atoms with Gasteiger partial charge in [-0.1, -0.05) is 89.7 Å². The number of aromatic nitrogens is 10. The van der Waals surface area contributed by atoms with Gasteiger partial charge in [-0.25, -0.2) is 24.9 Å². The first-order valence-electron chi connectivity index (χ1n) is 41.9. The molecule has 0 unspecified atom stereocenters. The number of ether oxygens (including phenoxy) is 5. The maximum absolute atomic E-state index is 6.28. The van der Waals surface area contributed by atoms with E-state index in [2.05, 4.69) is 161 Å². The zero-order chi connectivity index (χ0) is 88.1. The molecule has 0 radical (unpaired) electrons. The molecule has 4 aliphatic heterocycles. The molecule has 4 aliphatic rings. The molecule has 24 rings (SSSR count). The minimum absolute atomic E-state index is 0. The number of anilines is 12. The van der Waals surface area contributed by atoms with E-state index in [9.17, 15) is 0 Å². The van der Waals surface area contributed by atoms with E-state index in [1.807, 2.05) is 328 Å². The van der Waals surface area contributed by atoms with Crippen LogP contribution in [0.15, 0.2) is 353 Å². The number of benzene rings is 10. The number of hydrogen-bond acceptors (Lipinski definition) is 21. The van der Waals surface area contributed by atoms with Crippen molar-refractivity contribution in [3.63, 3.8) is 0 Å². The summed E-state index contributed by atoms with van der Waals surface area (Å²) in [6, 6.07) is 121. The molecule has 0 saturated carbocycles. The van der Waals surface area contributed by atoms with E-state index in [1.165, 1.54) is 0 Å². The van der Waals surface area contributed by atoms with Crippen LogP contribution < -0.4 is 62.9 Å². The number of hydrogen-bond donors (Lipinski definition) is 0. The zero-order valence-corrected chi connectivity index (χ0v) is 81.2. The Kier molecular flexibility index (Phi) is 28.3. The van der Waals surface area contributed by atoms with Gasteiger partial charge in [0, 0.05) is 243 Å². The summed E-state index contributed by atoms with van der Waals surface area (Å²) >= 11 is 0. The molecule has 10 aromatic carbocycles. The Bertz CT molecular complexity index is 7510. The predicted molar refractivity (Wildman–Crippen MR) is 511 cm³/mol. The molecule has 0 spiro atoms. The van der Waals surface area contributed by atoms with Crippen LogP contribution in [0.1, 0.15) is 0 Å². The van der Waals surface area contributed by atoms with Gasteiger partial charge >= 0.3 is 0 Å². The van der Waals surface area contributed by atoms with Crippen LogP contribution in [0, 0.1) is 75.2 Å². The molecule has 14 heterocycles. The standard InChI is InChI=1S/2C30H20N5O.C24H17N4O2.C24H17N4O.4Pt/c1-33-20-34(29-19-31-16-14-28(29)33)21-7-4-9-23(17-21)36-24-10-5-8-22(18-24)35-27-13-3-2-11-25(27)26-12-6-15-32-30(26)35;1-33-20-34(27-14-16-31-19-29(27)33)21-7-6-8-22(17-21)36-23-12-13-25-24-9-2-3-10-26(24)35(28(25)18-23)30-11-4-5-15-32-30;1-27-17-28(22-11-6-14-26-24(22)27)18-7-4-8-19(15-18)29-20-9-5-10-21(16-20)30-23-12-2-3-13-25-23;1-27-17-28(24-23(27)12-6-14-26-24)19-8-5-10-21(16-19)29-20-9-4-7-18(15-20)22-11-2-3-13-25-22;;;;/h2*2-16,19-20H,1H3;2-14,17H,1H3;2-14,17H,1H3;;;;/q4*-3;;;;. The zero-order valence-electron chi connectivity index (χ0n) is 72.2. The predicted octanol–water partition coefficient (Wildman–Crippen LogP) is 23.9. The number of pyridine rings is 8. The van der Waals surface area contributed by atoms with Crippen molar-refractivity contribution in [1.29, 1.82) is 0 Å². The van der Waals surface area contributed by atoms with E-state index in [0.29, 0.717) is 57.6 Å². The molecule has 0 bridgehead atoms. The number of para-hydroxylation sites is 2. The Labute approximate surface area is 838 Å². The van der Waals surface area contributed by atoms with Gasteiger partial charge in [0.25, 0.3) is 0 Å². The molecule has 27 heteroatoms. The minimum Gasteiger partial charge on any atom is -0.509 e. The van der Waals surface area contributed by atoms with Gasteiger partial charge in [0.2, 0.25) is 5.88 Å². The second-order valence-electron chi connectivity index (χ2n) is 30.4. The van der Waals surface area contributed by atoms with Crippen LogP contribution in [0.3, 0.4) is 0 Å². The van der Waals surface area contributed by atoms with E-state index >= 15 is 0 Å². The van der Waals surface area contributed by atoms with Crippen molar-refractivity contribution >= 4 is 112 Å². The van der Waals surface area contributed by atoms with Gasteiger partial charge in [0.05, 0.1) is 16.9 Å². The molecular weight excluding hydrogens is 2410 g/mol. The Hall–Kier alpha value is -14.8. The van der Waals surface area contributed by atoms with E-state index < -0.39 is 0 Å². The summed E-state index contributed by atoms with van der Waals surface area (Å²) in [7, 11) is 7.99. The van der Waals surface area contributed by atoms with Gasteiger partial charge in [-0.2, -0.15) is 69.1 Å². The Morgan fingerprint density at radius 2 is 0.689 bits per heavy atom. The van der Waals surface area contributed by atoms with Crippen molar-refractivity contribution in [3.8, 4) is 80.4 Å². The Balaban J connectivity index is 0.000000124. The molecule has 0 atom stereocenters. The summed E-state index contributed by atoms with van der Waals surface area (Å²) in [6.45, 7) is 8.00. The van der Waals surface area contributed by atoms with Crippen molar-refractivity contribution in [1.82, 2.24) is 49.0 Å². The molecule has 0 N–H and O–H groups in total. The van der Waals surface area contributed by atoms with Crippen LogP contribution >= 0.6 is 0 Å². The third-order valence-electron chi connectivity index (χ3n) is 21.8. The topological polar surface area (TPSA) is 185 Å². The van der Waals surface area contributed by atoms with Gasteiger partial charge in [-0.15, -0.1) is 161 Å². The second kappa shape index (κ2) is 41.5. The smallest absolute Gasteiger partial charge is 0.216 e. The molecule has 23 nitrogen and oxygen atoms in total.